The second kappa shape index (κ2) is 8.29. The minimum atomic E-state index is 0.510. The fourth-order valence-corrected chi connectivity index (χ4v) is 3.76. The average molecular weight is 377 g/mol. The van der Waals surface area contributed by atoms with Gasteiger partial charge in [0.1, 0.15) is 0 Å². The minimum Gasteiger partial charge on any atom is -0.357 e. The van der Waals surface area contributed by atoms with Crippen LogP contribution in [0.1, 0.15) is 30.4 Å². The molecule has 0 saturated carbocycles. The zero-order chi connectivity index (χ0) is 19.3. The summed E-state index contributed by atoms with van der Waals surface area (Å²) in [6.45, 7) is 5.58. The van der Waals surface area contributed by atoms with Crippen LogP contribution in [0.4, 0.5) is 0 Å². The van der Waals surface area contributed by atoms with Crippen LogP contribution in [-0.4, -0.2) is 49.8 Å². The topological polar surface area (TPSA) is 63.3 Å². The van der Waals surface area contributed by atoms with Crippen LogP contribution >= 0.6 is 0 Å². The molecule has 1 aliphatic rings. The molecule has 28 heavy (non-hydrogen) atoms. The number of nitrogens with zero attached hydrogens (tertiary/aromatic N) is 6. The molecule has 1 saturated heterocycles. The van der Waals surface area contributed by atoms with E-state index < -0.39 is 0 Å². The number of hydrogen-bond acceptors (Lipinski definition) is 3. The smallest absolute Gasteiger partial charge is 0.194 e. The Morgan fingerprint density at radius 1 is 1.32 bits per heavy atom. The Balaban J connectivity index is 1.50. The zero-order valence-electron chi connectivity index (χ0n) is 16.5. The molecule has 1 fully saturated rings. The van der Waals surface area contributed by atoms with E-state index in [0.29, 0.717) is 12.5 Å². The summed E-state index contributed by atoms with van der Waals surface area (Å²) in [5.74, 6) is 1.49. The van der Waals surface area contributed by atoms with E-state index in [1.165, 1.54) is 11.1 Å². The highest BCUT2D eigenvalue weighted by Crippen LogP contribution is 2.27. The predicted octanol–water partition coefficient (Wildman–Crippen LogP) is 2.56. The van der Waals surface area contributed by atoms with E-state index in [4.69, 9.17) is 4.99 Å². The molecule has 1 unspecified atom stereocenters. The van der Waals surface area contributed by atoms with Crippen LogP contribution in [0, 0.1) is 0 Å². The number of para-hydroxylation sites is 1. The molecular formula is C21H27N7. The lowest BCUT2D eigenvalue weighted by molar-refractivity contribution is 0.486. The Morgan fingerprint density at radius 3 is 2.96 bits per heavy atom. The quantitative estimate of drug-likeness (QED) is 0.548. The van der Waals surface area contributed by atoms with Gasteiger partial charge < -0.3 is 14.8 Å². The molecule has 4 rings (SSSR count). The molecule has 1 atom stereocenters. The number of aliphatic imine (C=N–C) groups is 1. The van der Waals surface area contributed by atoms with Crippen LogP contribution in [0.3, 0.4) is 0 Å². The lowest BCUT2D eigenvalue weighted by Crippen LogP contribution is -2.40. The maximum atomic E-state index is 4.95. The normalized spacial score (nSPS) is 17.3. The molecule has 1 N–H and O–H groups in total. The number of imidazole rings is 1. The van der Waals surface area contributed by atoms with Gasteiger partial charge in [-0.25, -0.2) is 9.98 Å². The molecule has 0 amide bonds. The highest BCUT2D eigenvalue weighted by atomic mass is 15.3. The number of nitrogens with one attached hydrogen (secondary N) is 1. The number of aryl methyl sites for hydroxylation is 1. The second-order valence-electron chi connectivity index (χ2n) is 7.15. The van der Waals surface area contributed by atoms with Gasteiger partial charge in [-0.05, 0) is 30.5 Å². The maximum Gasteiger partial charge on any atom is 0.194 e. The molecule has 1 aromatic carbocycles. The first kappa shape index (κ1) is 18.3. The van der Waals surface area contributed by atoms with E-state index in [-0.39, 0.29) is 0 Å². The Morgan fingerprint density at radius 2 is 2.21 bits per heavy atom. The van der Waals surface area contributed by atoms with Crippen molar-refractivity contribution in [2.24, 2.45) is 12.0 Å². The van der Waals surface area contributed by atoms with Crippen molar-refractivity contribution < 1.29 is 0 Å². The fourth-order valence-electron chi connectivity index (χ4n) is 3.76. The summed E-state index contributed by atoms with van der Waals surface area (Å²) >= 11 is 0. The van der Waals surface area contributed by atoms with Crippen molar-refractivity contribution in [3.8, 4) is 5.69 Å². The first-order valence-electron chi connectivity index (χ1n) is 9.82. The van der Waals surface area contributed by atoms with Gasteiger partial charge in [-0.15, -0.1) is 0 Å². The highest BCUT2D eigenvalue weighted by Gasteiger charge is 2.26. The molecule has 1 aliphatic heterocycles. The molecule has 0 radical (unpaired) electrons. The zero-order valence-corrected chi connectivity index (χ0v) is 16.5. The number of likely N-dealkylation sites (tertiary alicyclic amines) is 1. The standard InChI is InChI=1S/C21H27N7/c1-3-23-21(27-10-8-18(15-27)19-13-25-26(2)14-19)24-12-17-6-4-5-7-20(17)28-11-9-22-16-28/h4-7,9,11,13-14,16,18H,3,8,10,12,15H2,1-2H3,(H,23,24). The molecule has 3 aromatic rings. The maximum absolute atomic E-state index is 4.95. The average Bonchev–Trinajstić information content (AvgIpc) is 3.46. The molecule has 146 valence electrons. The van der Waals surface area contributed by atoms with Gasteiger partial charge in [-0.3, -0.25) is 4.68 Å². The second-order valence-corrected chi connectivity index (χ2v) is 7.15. The van der Waals surface area contributed by atoms with Crippen molar-refractivity contribution in [1.82, 2.24) is 29.5 Å². The monoisotopic (exact) mass is 377 g/mol. The van der Waals surface area contributed by atoms with Gasteiger partial charge in [0.05, 0.1) is 24.8 Å². The van der Waals surface area contributed by atoms with Crippen molar-refractivity contribution in [1.29, 1.82) is 0 Å². The van der Waals surface area contributed by atoms with E-state index >= 15 is 0 Å². The molecule has 0 aliphatic carbocycles. The van der Waals surface area contributed by atoms with Gasteiger partial charge in [0.25, 0.3) is 0 Å². The summed E-state index contributed by atoms with van der Waals surface area (Å²) in [6, 6.07) is 8.35. The number of rotatable bonds is 5. The summed E-state index contributed by atoms with van der Waals surface area (Å²) in [6.07, 6.45) is 10.8. The molecular weight excluding hydrogens is 350 g/mol. The molecule has 7 heteroatoms. The van der Waals surface area contributed by atoms with Crippen molar-refractivity contribution in [3.05, 3.63) is 66.5 Å². The first-order chi connectivity index (χ1) is 13.7. The van der Waals surface area contributed by atoms with Crippen molar-refractivity contribution in [3.63, 3.8) is 0 Å². The van der Waals surface area contributed by atoms with Gasteiger partial charge in [-0.1, -0.05) is 18.2 Å². The molecule has 3 heterocycles. The van der Waals surface area contributed by atoms with Gasteiger partial charge in [0, 0.05) is 51.2 Å². The lowest BCUT2D eigenvalue weighted by atomic mass is 10.0. The summed E-state index contributed by atoms with van der Waals surface area (Å²) in [7, 11) is 1.97. The molecule has 2 aromatic heterocycles. The van der Waals surface area contributed by atoms with Crippen molar-refractivity contribution >= 4 is 5.96 Å². The van der Waals surface area contributed by atoms with Crippen molar-refractivity contribution in [2.45, 2.75) is 25.8 Å². The third-order valence-corrected chi connectivity index (χ3v) is 5.19. The van der Waals surface area contributed by atoms with Gasteiger partial charge >= 0.3 is 0 Å². The van der Waals surface area contributed by atoms with Crippen molar-refractivity contribution in [2.75, 3.05) is 19.6 Å². The third kappa shape index (κ3) is 3.93. The number of guanidine groups is 1. The number of benzene rings is 1. The van der Waals surface area contributed by atoms with Crippen LogP contribution in [0.2, 0.25) is 0 Å². The van der Waals surface area contributed by atoms with E-state index in [9.17, 15) is 0 Å². The Bertz CT molecular complexity index is 926. The van der Waals surface area contributed by atoms with E-state index in [1.54, 1.807) is 6.20 Å². The Labute approximate surface area is 165 Å². The largest absolute Gasteiger partial charge is 0.357 e. The third-order valence-electron chi connectivity index (χ3n) is 5.19. The Hall–Kier alpha value is -3.09. The number of aromatic nitrogens is 4. The Kier molecular flexibility index (Phi) is 5.41. The molecule has 0 bridgehead atoms. The lowest BCUT2D eigenvalue weighted by Gasteiger charge is -2.22. The number of hydrogen-bond donors (Lipinski definition) is 1. The minimum absolute atomic E-state index is 0.510. The van der Waals surface area contributed by atoms with Crippen LogP contribution < -0.4 is 5.32 Å². The van der Waals surface area contributed by atoms with Gasteiger partial charge in [-0.2, -0.15) is 5.10 Å². The van der Waals surface area contributed by atoms with Crippen LogP contribution in [-0.2, 0) is 13.6 Å². The molecule has 0 spiro atoms. The van der Waals surface area contributed by atoms with Crippen LogP contribution in [0.15, 0.2) is 60.4 Å². The van der Waals surface area contributed by atoms with E-state index in [2.05, 4.69) is 51.6 Å². The van der Waals surface area contributed by atoms with Crippen LogP contribution in [0.25, 0.3) is 5.69 Å². The highest BCUT2D eigenvalue weighted by molar-refractivity contribution is 5.80. The van der Waals surface area contributed by atoms with E-state index in [1.807, 2.05) is 41.1 Å². The van der Waals surface area contributed by atoms with Gasteiger partial charge in [0.2, 0.25) is 0 Å². The fraction of sp³-hybridized carbons (Fsp3) is 0.381. The SMILES string of the molecule is CCNC(=NCc1ccccc1-n1ccnc1)N1CCC(c2cnn(C)c2)C1. The summed E-state index contributed by atoms with van der Waals surface area (Å²) in [4.78, 5) is 11.5. The molecule has 7 nitrogen and oxygen atoms in total. The summed E-state index contributed by atoms with van der Waals surface area (Å²) < 4.78 is 3.91. The first-order valence-corrected chi connectivity index (χ1v) is 9.82. The summed E-state index contributed by atoms with van der Waals surface area (Å²) in [5.41, 5.74) is 3.61. The predicted molar refractivity (Wildman–Crippen MR) is 111 cm³/mol. The van der Waals surface area contributed by atoms with Gasteiger partial charge in [0.15, 0.2) is 5.96 Å². The van der Waals surface area contributed by atoms with Crippen LogP contribution in [0.5, 0.6) is 0 Å². The van der Waals surface area contributed by atoms with E-state index in [0.717, 1.165) is 37.7 Å². The summed E-state index contributed by atoms with van der Waals surface area (Å²) in [5, 5.41) is 7.78.